The fraction of sp³-hybridized carbons (Fsp3) is 0.667. The molecule has 3 unspecified atom stereocenters. The molecule has 1 aliphatic heterocycles. The Balaban J connectivity index is 2.27. The smallest absolute Gasteiger partial charge is 0.233 e. The summed E-state index contributed by atoms with van der Waals surface area (Å²) < 4.78 is 0. The zero-order chi connectivity index (χ0) is 11.0. The molecule has 80 valence electrons. The van der Waals surface area contributed by atoms with Crippen molar-refractivity contribution in [2.75, 3.05) is 0 Å². The molecule has 0 aromatic rings. The molecule has 1 saturated carbocycles. The first kappa shape index (κ1) is 10.2. The number of rotatable bonds is 2. The Morgan fingerprint density at radius 3 is 2.33 bits per heavy atom. The molecule has 1 aliphatic carbocycles. The minimum absolute atomic E-state index is 0.0430. The number of terminal acetylenes is 1. The van der Waals surface area contributed by atoms with Crippen molar-refractivity contribution in [3.8, 4) is 12.3 Å². The highest BCUT2D eigenvalue weighted by Crippen LogP contribution is 2.39. The van der Waals surface area contributed by atoms with Gasteiger partial charge >= 0.3 is 0 Å². The third-order valence-corrected chi connectivity index (χ3v) is 3.50. The Morgan fingerprint density at radius 2 is 1.93 bits per heavy atom. The SMILES string of the molecule is C#CC(CC)N1C(=O)C2CCC(C2)C1=O. The van der Waals surface area contributed by atoms with Gasteiger partial charge in [0.2, 0.25) is 11.8 Å². The highest BCUT2D eigenvalue weighted by molar-refractivity contribution is 6.01. The minimum atomic E-state index is -0.339. The van der Waals surface area contributed by atoms with Crippen molar-refractivity contribution >= 4 is 11.8 Å². The van der Waals surface area contributed by atoms with Crippen molar-refractivity contribution in [3.63, 3.8) is 0 Å². The first-order chi connectivity index (χ1) is 7.19. The molecule has 0 aromatic carbocycles. The number of nitrogens with zero attached hydrogens (tertiary/aromatic N) is 1. The maximum atomic E-state index is 12.0. The molecule has 2 amide bonds. The highest BCUT2D eigenvalue weighted by atomic mass is 16.2. The average molecular weight is 205 g/mol. The van der Waals surface area contributed by atoms with Crippen LogP contribution >= 0.6 is 0 Å². The molecular weight excluding hydrogens is 190 g/mol. The van der Waals surface area contributed by atoms with Gasteiger partial charge in [-0.1, -0.05) is 12.8 Å². The summed E-state index contributed by atoms with van der Waals surface area (Å²) in [6, 6.07) is -0.339. The van der Waals surface area contributed by atoms with E-state index in [9.17, 15) is 9.59 Å². The molecule has 3 heteroatoms. The van der Waals surface area contributed by atoms with Gasteiger partial charge in [0.05, 0.1) is 0 Å². The molecular formula is C12H15NO2. The van der Waals surface area contributed by atoms with Gasteiger partial charge in [0.15, 0.2) is 0 Å². The Morgan fingerprint density at radius 1 is 1.40 bits per heavy atom. The fourth-order valence-electron chi connectivity index (χ4n) is 2.61. The molecule has 0 aromatic heterocycles. The van der Waals surface area contributed by atoms with Crippen LogP contribution in [0.5, 0.6) is 0 Å². The summed E-state index contributed by atoms with van der Waals surface area (Å²) in [4.78, 5) is 25.3. The molecule has 15 heavy (non-hydrogen) atoms. The largest absolute Gasteiger partial charge is 0.274 e. The third-order valence-electron chi connectivity index (χ3n) is 3.50. The normalized spacial score (nSPS) is 31.6. The summed E-state index contributed by atoms with van der Waals surface area (Å²) in [5.74, 6) is 2.55. The van der Waals surface area contributed by atoms with E-state index in [1.54, 1.807) is 0 Å². The first-order valence-corrected chi connectivity index (χ1v) is 5.52. The number of hydrogen-bond donors (Lipinski definition) is 0. The molecule has 3 nitrogen and oxygen atoms in total. The van der Waals surface area contributed by atoms with E-state index in [1.807, 2.05) is 6.92 Å². The Kier molecular flexibility index (Phi) is 2.52. The van der Waals surface area contributed by atoms with Crippen LogP contribution in [0.1, 0.15) is 32.6 Å². The molecule has 3 atom stereocenters. The number of hydrogen-bond acceptors (Lipinski definition) is 2. The monoisotopic (exact) mass is 205 g/mol. The van der Waals surface area contributed by atoms with E-state index >= 15 is 0 Å². The Labute approximate surface area is 89.8 Å². The molecule has 2 rings (SSSR count). The summed E-state index contributed by atoms with van der Waals surface area (Å²) >= 11 is 0. The van der Waals surface area contributed by atoms with Gasteiger partial charge in [-0.25, -0.2) is 0 Å². The van der Waals surface area contributed by atoms with Crippen molar-refractivity contribution in [3.05, 3.63) is 0 Å². The zero-order valence-electron chi connectivity index (χ0n) is 8.90. The van der Waals surface area contributed by atoms with Crippen LogP contribution < -0.4 is 0 Å². The highest BCUT2D eigenvalue weighted by Gasteiger charge is 2.46. The van der Waals surface area contributed by atoms with E-state index in [2.05, 4.69) is 5.92 Å². The van der Waals surface area contributed by atoms with Crippen molar-refractivity contribution in [1.82, 2.24) is 4.90 Å². The van der Waals surface area contributed by atoms with Crippen LogP contribution in [-0.2, 0) is 9.59 Å². The molecule has 1 heterocycles. The van der Waals surface area contributed by atoms with Crippen molar-refractivity contribution < 1.29 is 9.59 Å². The van der Waals surface area contributed by atoms with Crippen LogP contribution in [0.2, 0.25) is 0 Å². The van der Waals surface area contributed by atoms with Gasteiger partial charge in [-0.2, -0.15) is 0 Å². The molecule has 1 saturated heterocycles. The lowest BCUT2D eigenvalue weighted by Crippen LogP contribution is -2.51. The number of carbonyl (C=O) groups excluding carboxylic acids is 2. The van der Waals surface area contributed by atoms with Crippen LogP contribution in [0.15, 0.2) is 0 Å². The summed E-state index contributed by atoms with van der Waals surface area (Å²) in [5.41, 5.74) is 0. The quantitative estimate of drug-likeness (QED) is 0.501. The number of amides is 2. The maximum Gasteiger partial charge on any atom is 0.233 e. The van der Waals surface area contributed by atoms with Gasteiger partial charge in [0, 0.05) is 11.8 Å². The van der Waals surface area contributed by atoms with Crippen LogP contribution in [0.3, 0.4) is 0 Å². The minimum Gasteiger partial charge on any atom is -0.274 e. The van der Waals surface area contributed by atoms with Gasteiger partial charge in [-0.05, 0) is 25.7 Å². The van der Waals surface area contributed by atoms with Gasteiger partial charge in [0.1, 0.15) is 6.04 Å². The van der Waals surface area contributed by atoms with Gasteiger partial charge in [0.25, 0.3) is 0 Å². The van der Waals surface area contributed by atoms with Crippen LogP contribution in [0, 0.1) is 24.2 Å². The van der Waals surface area contributed by atoms with Crippen molar-refractivity contribution in [2.45, 2.75) is 38.6 Å². The summed E-state index contributed by atoms with van der Waals surface area (Å²) in [5, 5.41) is 0. The van der Waals surface area contributed by atoms with Crippen LogP contribution in [0.25, 0.3) is 0 Å². The fourth-order valence-corrected chi connectivity index (χ4v) is 2.61. The van der Waals surface area contributed by atoms with Crippen LogP contribution in [-0.4, -0.2) is 22.8 Å². The number of imide groups is 1. The third kappa shape index (κ3) is 1.45. The first-order valence-electron chi connectivity index (χ1n) is 5.52. The van der Waals surface area contributed by atoms with E-state index in [4.69, 9.17) is 6.42 Å². The second kappa shape index (κ2) is 3.69. The predicted molar refractivity (Wildman–Crippen MR) is 55.6 cm³/mol. The summed E-state index contributed by atoms with van der Waals surface area (Å²) in [6.45, 7) is 1.90. The number of fused-ring (bicyclic) bond motifs is 2. The molecule has 0 spiro atoms. The maximum absolute atomic E-state index is 12.0. The van der Waals surface area contributed by atoms with E-state index in [0.717, 1.165) is 19.3 Å². The van der Waals surface area contributed by atoms with E-state index in [1.165, 1.54) is 4.90 Å². The summed E-state index contributed by atoms with van der Waals surface area (Å²) in [7, 11) is 0. The van der Waals surface area contributed by atoms with Gasteiger partial charge < -0.3 is 0 Å². The van der Waals surface area contributed by atoms with E-state index in [0.29, 0.717) is 6.42 Å². The van der Waals surface area contributed by atoms with Crippen molar-refractivity contribution in [2.24, 2.45) is 11.8 Å². The number of piperidine rings is 1. The molecule has 0 radical (unpaired) electrons. The second-order valence-electron chi connectivity index (χ2n) is 4.34. The van der Waals surface area contributed by atoms with Crippen molar-refractivity contribution in [1.29, 1.82) is 0 Å². The lowest BCUT2D eigenvalue weighted by atomic mass is 9.95. The topological polar surface area (TPSA) is 37.4 Å². The van der Waals surface area contributed by atoms with Gasteiger partial charge in [-0.15, -0.1) is 6.42 Å². The lowest BCUT2D eigenvalue weighted by Gasteiger charge is -2.33. The lowest BCUT2D eigenvalue weighted by molar-refractivity contribution is -0.154. The Hall–Kier alpha value is -1.30. The number of carbonyl (C=O) groups is 2. The average Bonchev–Trinajstić information content (AvgIpc) is 2.68. The van der Waals surface area contributed by atoms with Gasteiger partial charge in [-0.3, -0.25) is 14.5 Å². The second-order valence-corrected chi connectivity index (χ2v) is 4.34. The molecule has 2 aliphatic rings. The zero-order valence-corrected chi connectivity index (χ0v) is 8.90. The molecule has 0 N–H and O–H groups in total. The van der Waals surface area contributed by atoms with Crippen LogP contribution in [0.4, 0.5) is 0 Å². The molecule has 2 bridgehead atoms. The summed E-state index contributed by atoms with van der Waals surface area (Å²) in [6.07, 6.45) is 8.45. The standard InChI is InChI=1S/C12H15NO2/c1-3-10(4-2)13-11(14)8-5-6-9(7-8)12(13)15/h1,8-10H,4-7H2,2H3. The van der Waals surface area contributed by atoms with E-state index in [-0.39, 0.29) is 29.7 Å². The molecule has 2 fully saturated rings. The predicted octanol–water partition coefficient (Wildman–Crippen LogP) is 1.18. The number of likely N-dealkylation sites (tertiary alicyclic amines) is 1. The van der Waals surface area contributed by atoms with E-state index < -0.39 is 0 Å². The Bertz CT molecular complexity index is 320.